The number of hydrogen-bond donors (Lipinski definition) is 4. The van der Waals surface area contributed by atoms with Crippen LogP contribution in [0.25, 0.3) is 0 Å². The molecule has 4 aliphatic rings. The quantitative estimate of drug-likeness (QED) is 0.555. The Balaban J connectivity index is 0.00000240. The van der Waals surface area contributed by atoms with E-state index in [1.165, 1.54) is 25.7 Å². The van der Waals surface area contributed by atoms with Crippen LogP contribution in [0.15, 0.2) is 0 Å². The molecule has 4 saturated carbocycles. The van der Waals surface area contributed by atoms with Gasteiger partial charge in [0.05, 0.1) is 18.2 Å². The SMILES string of the molecule is C[C@H](O)[C@@]1(O)CC[C@H]2[C@@H]3CCC4CC(NC(=O)CN)CC[C@]4(C)[C@H]3CC[C@@]21C.Cl. The zero-order valence-corrected chi connectivity index (χ0v) is 19.1. The van der Waals surface area contributed by atoms with Gasteiger partial charge in [0.2, 0.25) is 5.91 Å². The van der Waals surface area contributed by atoms with Crippen LogP contribution in [0.5, 0.6) is 0 Å². The first-order valence-corrected chi connectivity index (χ1v) is 11.6. The first-order valence-electron chi connectivity index (χ1n) is 11.6. The number of rotatable bonds is 3. The van der Waals surface area contributed by atoms with Gasteiger partial charge >= 0.3 is 0 Å². The number of carbonyl (C=O) groups is 1. The van der Waals surface area contributed by atoms with Crippen LogP contribution in [0, 0.1) is 34.5 Å². The van der Waals surface area contributed by atoms with E-state index in [4.69, 9.17) is 5.73 Å². The summed E-state index contributed by atoms with van der Waals surface area (Å²) in [6.45, 7) is 6.61. The Morgan fingerprint density at radius 1 is 1.10 bits per heavy atom. The molecule has 0 heterocycles. The van der Waals surface area contributed by atoms with Crippen molar-refractivity contribution < 1.29 is 15.0 Å². The minimum absolute atomic E-state index is 0. The van der Waals surface area contributed by atoms with Gasteiger partial charge in [-0.05, 0) is 93.8 Å². The number of nitrogens with two attached hydrogens (primary N) is 1. The fourth-order valence-corrected chi connectivity index (χ4v) is 8.41. The molecule has 0 bridgehead atoms. The molecule has 2 unspecified atom stereocenters. The molecule has 0 aliphatic heterocycles. The van der Waals surface area contributed by atoms with Crippen molar-refractivity contribution in [3.8, 4) is 0 Å². The van der Waals surface area contributed by atoms with Crippen molar-refractivity contribution in [2.24, 2.45) is 40.2 Å². The molecule has 0 aromatic heterocycles. The zero-order chi connectivity index (χ0) is 20.3. The molecule has 168 valence electrons. The molecule has 4 aliphatic carbocycles. The fourth-order valence-electron chi connectivity index (χ4n) is 8.41. The standard InChI is InChI=1S/C23H40N2O3.ClH/c1-14(26)23(28)11-8-19-17-5-4-15-12-16(25-20(27)13-24)6-9-21(15,2)18(17)7-10-22(19,23)3;/h14-19,26,28H,4-13,24H2,1-3H3,(H,25,27);1H/t14-,15?,16?,17+,18-,19-,21-,22-,23-;/m0./s1. The van der Waals surface area contributed by atoms with Crippen LogP contribution in [0.1, 0.15) is 78.6 Å². The summed E-state index contributed by atoms with van der Waals surface area (Å²) >= 11 is 0. The third kappa shape index (κ3) is 3.35. The monoisotopic (exact) mass is 428 g/mol. The van der Waals surface area contributed by atoms with Crippen LogP contribution in [0.3, 0.4) is 0 Å². The molecule has 0 saturated heterocycles. The molecule has 0 radical (unpaired) electrons. The molecule has 0 spiro atoms. The van der Waals surface area contributed by atoms with Gasteiger partial charge < -0.3 is 21.3 Å². The summed E-state index contributed by atoms with van der Waals surface area (Å²) in [6, 6.07) is 0.284. The number of aliphatic hydroxyl groups is 2. The predicted octanol–water partition coefficient (Wildman–Crippen LogP) is 3.01. The van der Waals surface area contributed by atoms with E-state index in [0.29, 0.717) is 29.1 Å². The minimum atomic E-state index is -0.926. The molecule has 5 N–H and O–H groups in total. The lowest BCUT2D eigenvalue weighted by atomic mass is 9.44. The maximum absolute atomic E-state index is 11.7. The summed E-state index contributed by atoms with van der Waals surface area (Å²) in [5.74, 6) is 2.55. The van der Waals surface area contributed by atoms with E-state index in [2.05, 4.69) is 19.2 Å². The van der Waals surface area contributed by atoms with Crippen LogP contribution in [0.2, 0.25) is 0 Å². The van der Waals surface area contributed by atoms with Crippen molar-refractivity contribution >= 4 is 18.3 Å². The summed E-state index contributed by atoms with van der Waals surface area (Å²) < 4.78 is 0. The Kier molecular flexibility index (Phi) is 6.40. The Morgan fingerprint density at radius 2 is 1.79 bits per heavy atom. The van der Waals surface area contributed by atoms with Gasteiger partial charge in [0, 0.05) is 11.5 Å². The van der Waals surface area contributed by atoms with Crippen LogP contribution in [0.4, 0.5) is 0 Å². The van der Waals surface area contributed by atoms with Gasteiger partial charge in [-0.15, -0.1) is 12.4 Å². The van der Waals surface area contributed by atoms with E-state index in [-0.39, 0.29) is 36.3 Å². The first-order chi connectivity index (χ1) is 13.2. The highest BCUT2D eigenvalue weighted by Crippen LogP contribution is 2.68. The van der Waals surface area contributed by atoms with Crippen LogP contribution in [-0.4, -0.2) is 40.4 Å². The van der Waals surface area contributed by atoms with E-state index in [9.17, 15) is 15.0 Å². The third-order valence-electron chi connectivity index (χ3n) is 10.1. The lowest BCUT2D eigenvalue weighted by Crippen LogP contribution is -2.59. The number of halogens is 1. The molecule has 4 rings (SSSR count). The maximum Gasteiger partial charge on any atom is 0.233 e. The minimum Gasteiger partial charge on any atom is -0.390 e. The largest absolute Gasteiger partial charge is 0.390 e. The Hall–Kier alpha value is -0.360. The Bertz CT molecular complexity index is 631. The van der Waals surface area contributed by atoms with E-state index in [1.807, 2.05) is 0 Å². The molecular formula is C23H41ClN2O3. The highest BCUT2D eigenvalue weighted by atomic mass is 35.5. The third-order valence-corrected chi connectivity index (χ3v) is 10.1. The van der Waals surface area contributed by atoms with Crippen LogP contribution >= 0.6 is 12.4 Å². The number of carbonyl (C=O) groups excluding carboxylic acids is 1. The van der Waals surface area contributed by atoms with Gasteiger partial charge in [-0.25, -0.2) is 0 Å². The lowest BCUT2D eigenvalue weighted by Gasteiger charge is -2.62. The molecule has 6 heteroatoms. The van der Waals surface area contributed by atoms with E-state index < -0.39 is 11.7 Å². The molecule has 4 fully saturated rings. The Morgan fingerprint density at radius 3 is 2.45 bits per heavy atom. The average molecular weight is 429 g/mol. The second-order valence-corrected chi connectivity index (χ2v) is 11.0. The first kappa shape index (κ1) is 23.3. The van der Waals surface area contributed by atoms with Crippen molar-refractivity contribution in [2.45, 2.75) is 96.3 Å². The summed E-state index contributed by atoms with van der Waals surface area (Å²) in [7, 11) is 0. The summed E-state index contributed by atoms with van der Waals surface area (Å²) in [5, 5.41) is 24.9. The Labute approximate surface area is 182 Å². The van der Waals surface area contributed by atoms with Gasteiger partial charge in [0.15, 0.2) is 0 Å². The molecule has 29 heavy (non-hydrogen) atoms. The van der Waals surface area contributed by atoms with Crippen molar-refractivity contribution in [2.75, 3.05) is 6.54 Å². The van der Waals surface area contributed by atoms with Gasteiger partial charge in [-0.3, -0.25) is 4.79 Å². The average Bonchev–Trinajstić information content (AvgIpc) is 2.94. The molecule has 1 amide bonds. The smallest absolute Gasteiger partial charge is 0.233 e. The van der Waals surface area contributed by atoms with Crippen LogP contribution in [-0.2, 0) is 4.79 Å². The topological polar surface area (TPSA) is 95.6 Å². The van der Waals surface area contributed by atoms with Gasteiger partial charge in [-0.1, -0.05) is 13.8 Å². The normalized spacial score (nSPS) is 49.8. The number of fused-ring (bicyclic) bond motifs is 5. The van der Waals surface area contributed by atoms with Crippen molar-refractivity contribution in [1.82, 2.24) is 5.32 Å². The van der Waals surface area contributed by atoms with Crippen molar-refractivity contribution in [1.29, 1.82) is 0 Å². The van der Waals surface area contributed by atoms with Gasteiger partial charge in [0.1, 0.15) is 0 Å². The second kappa shape index (κ2) is 7.96. The molecule has 5 nitrogen and oxygen atoms in total. The molecule has 0 aromatic carbocycles. The number of amides is 1. The summed E-state index contributed by atoms with van der Waals surface area (Å²) in [6.07, 6.45) is 9.11. The van der Waals surface area contributed by atoms with Gasteiger partial charge in [-0.2, -0.15) is 0 Å². The molecule has 0 aromatic rings. The van der Waals surface area contributed by atoms with E-state index in [1.54, 1.807) is 6.92 Å². The van der Waals surface area contributed by atoms with Crippen molar-refractivity contribution in [3.63, 3.8) is 0 Å². The number of hydrogen-bond acceptors (Lipinski definition) is 4. The summed E-state index contributed by atoms with van der Waals surface area (Å²) in [5.41, 5.74) is 4.76. The summed E-state index contributed by atoms with van der Waals surface area (Å²) in [4.78, 5) is 11.7. The number of nitrogens with one attached hydrogen (secondary N) is 1. The highest BCUT2D eigenvalue weighted by Gasteiger charge is 2.65. The maximum atomic E-state index is 11.7. The zero-order valence-electron chi connectivity index (χ0n) is 18.3. The highest BCUT2D eigenvalue weighted by molar-refractivity contribution is 5.85. The van der Waals surface area contributed by atoms with E-state index in [0.717, 1.165) is 32.1 Å². The van der Waals surface area contributed by atoms with E-state index >= 15 is 0 Å². The molecular weight excluding hydrogens is 388 g/mol. The predicted molar refractivity (Wildman–Crippen MR) is 117 cm³/mol. The molecule has 9 atom stereocenters. The second-order valence-electron chi connectivity index (χ2n) is 11.0. The van der Waals surface area contributed by atoms with Crippen LogP contribution < -0.4 is 11.1 Å². The van der Waals surface area contributed by atoms with Gasteiger partial charge in [0.25, 0.3) is 0 Å². The van der Waals surface area contributed by atoms with Crippen molar-refractivity contribution in [3.05, 3.63) is 0 Å². The fraction of sp³-hybridized carbons (Fsp3) is 0.957. The lowest BCUT2D eigenvalue weighted by molar-refractivity contribution is -0.184. The number of aliphatic hydroxyl groups excluding tert-OH is 1.